The highest BCUT2D eigenvalue weighted by Gasteiger charge is 2.72. The van der Waals surface area contributed by atoms with Gasteiger partial charge < -0.3 is 25.2 Å². The van der Waals surface area contributed by atoms with Crippen LogP contribution in [0.2, 0.25) is 0 Å². The van der Waals surface area contributed by atoms with Crippen LogP contribution in [0.4, 0.5) is 0 Å². The number of nitrogens with one attached hydrogen (secondary N) is 3. The van der Waals surface area contributed by atoms with Gasteiger partial charge in [-0.05, 0) is 36.0 Å². The molecule has 3 saturated heterocycles. The predicted octanol–water partition coefficient (Wildman–Crippen LogP) is 0.623. The molecular formula is C31H40N5O5+. The number of H-pyrrole nitrogens is 1. The highest BCUT2D eigenvalue weighted by atomic mass is 16.7. The maximum Gasteiger partial charge on any atom is 0.281 e. The number of fused-ring (bicyclic) bond motifs is 5. The number of amides is 3. The van der Waals surface area contributed by atoms with Crippen LogP contribution in [-0.4, -0.2) is 87.5 Å². The Morgan fingerprint density at radius 3 is 2.76 bits per heavy atom. The summed E-state index contributed by atoms with van der Waals surface area (Å²) < 4.78 is 6.41. The number of quaternary nitrogens is 1. The van der Waals surface area contributed by atoms with E-state index in [9.17, 15) is 19.5 Å². The van der Waals surface area contributed by atoms with Gasteiger partial charge in [0.2, 0.25) is 17.5 Å². The Morgan fingerprint density at radius 2 is 2.02 bits per heavy atom. The Morgan fingerprint density at radius 1 is 1.24 bits per heavy atom. The summed E-state index contributed by atoms with van der Waals surface area (Å²) in [4.78, 5) is 49.5. The van der Waals surface area contributed by atoms with Gasteiger partial charge in [-0.3, -0.25) is 24.0 Å². The number of carbonyl (C=O) groups excluding carboxylic acids is 3. The first-order valence-electron chi connectivity index (χ1n) is 15.0. The third-order valence-corrected chi connectivity index (χ3v) is 10.2. The second-order valence-corrected chi connectivity index (χ2v) is 13.3. The number of nitrogens with zero attached hydrogens (tertiary/aromatic N) is 2. The highest BCUT2D eigenvalue weighted by Crippen LogP contribution is 2.48. The van der Waals surface area contributed by atoms with Gasteiger partial charge in [-0.25, -0.2) is 0 Å². The van der Waals surface area contributed by atoms with E-state index in [1.165, 1.54) is 20.7 Å². The number of piperazine rings is 1. The summed E-state index contributed by atoms with van der Waals surface area (Å²) in [5.41, 5.74) is 2.88. The standard InChI is InChI=1S/C31H39N5O5/c1-16(2)26-28(38)35-11-7-10-24(35)31(40)36(26)29(39)30(41-31,17(3)4)33-27(37)19-12-21-20-8-6-9-22-25(20)18(14-32-22)13-23(21)34(5)15-19/h6,8-9,12,14,16-17,19,23-24,26,32,40H,7,10-11,13,15H2,1-5H3,(H,33,37)/p+1/t19-,23-,24+,26+,30+,31+/m1/s1. The van der Waals surface area contributed by atoms with Crippen LogP contribution in [0, 0.1) is 17.8 Å². The summed E-state index contributed by atoms with van der Waals surface area (Å²) in [5, 5.41) is 16.3. The van der Waals surface area contributed by atoms with E-state index in [1.807, 2.05) is 19.9 Å². The topological polar surface area (TPSA) is 119 Å². The molecule has 2 aromatic rings. The van der Waals surface area contributed by atoms with Crippen LogP contribution < -0.4 is 10.2 Å². The molecule has 4 aliphatic heterocycles. The molecule has 3 fully saturated rings. The lowest BCUT2D eigenvalue weighted by atomic mass is 9.79. The van der Waals surface area contributed by atoms with Crippen LogP contribution in [-0.2, 0) is 25.5 Å². The molecule has 10 heteroatoms. The van der Waals surface area contributed by atoms with Crippen molar-refractivity contribution in [2.24, 2.45) is 17.8 Å². The Kier molecular flexibility index (Phi) is 5.79. The summed E-state index contributed by atoms with van der Waals surface area (Å²) in [5.74, 6) is -4.28. The average Bonchev–Trinajstić information content (AvgIpc) is 3.64. The molecule has 41 heavy (non-hydrogen) atoms. The Labute approximate surface area is 239 Å². The molecule has 0 spiro atoms. The molecule has 0 bridgehead atoms. The molecule has 3 amide bonds. The van der Waals surface area contributed by atoms with Crippen LogP contribution in [0.25, 0.3) is 16.5 Å². The molecule has 1 unspecified atom stereocenters. The fraction of sp³-hybridized carbons (Fsp3) is 0.581. The van der Waals surface area contributed by atoms with Crippen molar-refractivity contribution in [3.63, 3.8) is 0 Å². The number of rotatable bonds is 4. The fourth-order valence-electron chi connectivity index (χ4n) is 8.11. The fourth-order valence-corrected chi connectivity index (χ4v) is 8.11. The van der Waals surface area contributed by atoms with E-state index in [0.29, 0.717) is 19.5 Å². The van der Waals surface area contributed by atoms with E-state index < -0.39 is 41.5 Å². The second kappa shape index (κ2) is 8.89. The lowest BCUT2D eigenvalue weighted by Crippen LogP contribution is -3.15. The molecule has 0 saturated carbocycles. The minimum atomic E-state index is -2.00. The van der Waals surface area contributed by atoms with E-state index in [0.717, 1.165) is 29.5 Å². The van der Waals surface area contributed by atoms with Gasteiger partial charge in [0.1, 0.15) is 24.0 Å². The zero-order chi connectivity index (χ0) is 29.0. The van der Waals surface area contributed by atoms with Crippen molar-refractivity contribution in [3.05, 3.63) is 41.6 Å². The highest BCUT2D eigenvalue weighted by molar-refractivity contribution is 6.00. The SMILES string of the molecule is CC(C)[C@H]1C(=O)N2CCC[C@H]2[C@]2(O)O[C@@](NC(=O)[C@@H]3C=C4c5cccc6[nH]cc(c56)C[C@H]4[NH+](C)C3)(C(C)C)C(=O)N12. The molecule has 7 atom stereocenters. The van der Waals surface area contributed by atoms with Gasteiger partial charge in [0, 0.05) is 41.6 Å². The maximum atomic E-state index is 14.3. The van der Waals surface area contributed by atoms with Crippen molar-refractivity contribution in [2.75, 3.05) is 20.1 Å². The zero-order valence-corrected chi connectivity index (χ0v) is 24.4. The maximum absolute atomic E-state index is 14.3. The normalized spacial score (nSPS) is 36.1. The van der Waals surface area contributed by atoms with Gasteiger partial charge in [-0.1, -0.05) is 45.9 Å². The minimum absolute atomic E-state index is 0.168. The Hall–Kier alpha value is -3.21. The van der Waals surface area contributed by atoms with E-state index in [2.05, 4.69) is 41.8 Å². The van der Waals surface area contributed by atoms with Gasteiger partial charge in [-0.15, -0.1) is 0 Å². The largest absolute Gasteiger partial charge is 0.361 e. The average molecular weight is 563 g/mol. The summed E-state index contributed by atoms with van der Waals surface area (Å²) >= 11 is 0. The van der Waals surface area contributed by atoms with E-state index >= 15 is 0 Å². The van der Waals surface area contributed by atoms with Crippen LogP contribution in [0.15, 0.2) is 30.5 Å². The molecule has 218 valence electrons. The quantitative estimate of drug-likeness (QED) is 0.436. The van der Waals surface area contributed by atoms with Gasteiger partial charge in [0.05, 0.1) is 13.6 Å². The molecule has 1 aliphatic carbocycles. The third-order valence-electron chi connectivity index (χ3n) is 10.2. The number of ether oxygens (including phenoxy) is 1. The first-order valence-corrected chi connectivity index (χ1v) is 15.0. The number of aromatic amines is 1. The number of carbonyl (C=O) groups is 3. The molecule has 0 radical (unpaired) electrons. The zero-order valence-electron chi connectivity index (χ0n) is 24.4. The summed E-state index contributed by atoms with van der Waals surface area (Å²) in [6.45, 7) is 8.43. The molecule has 5 aliphatic rings. The minimum Gasteiger partial charge on any atom is -0.361 e. The number of likely N-dealkylation sites (N-methyl/N-ethyl adjacent to an activating group) is 1. The third kappa shape index (κ3) is 3.50. The number of hydrogen-bond donors (Lipinski definition) is 4. The molecule has 10 nitrogen and oxygen atoms in total. The lowest BCUT2D eigenvalue weighted by molar-refractivity contribution is -0.900. The number of aromatic nitrogens is 1. The van der Waals surface area contributed by atoms with Crippen LogP contribution in [0.1, 0.15) is 51.7 Å². The summed E-state index contributed by atoms with van der Waals surface area (Å²) in [6, 6.07) is 4.92. The van der Waals surface area contributed by atoms with Crippen molar-refractivity contribution in [1.82, 2.24) is 20.1 Å². The van der Waals surface area contributed by atoms with Gasteiger partial charge in [0.15, 0.2) is 0 Å². The molecular weight excluding hydrogens is 522 g/mol. The Balaban J connectivity index is 1.25. The van der Waals surface area contributed by atoms with Crippen LogP contribution in [0.3, 0.4) is 0 Å². The van der Waals surface area contributed by atoms with Crippen molar-refractivity contribution in [2.45, 2.75) is 76.7 Å². The first-order chi connectivity index (χ1) is 19.5. The molecule has 4 N–H and O–H groups in total. The van der Waals surface area contributed by atoms with Crippen molar-refractivity contribution < 1.29 is 29.1 Å². The van der Waals surface area contributed by atoms with Crippen molar-refractivity contribution in [3.8, 4) is 0 Å². The van der Waals surface area contributed by atoms with Gasteiger partial charge in [-0.2, -0.15) is 0 Å². The summed E-state index contributed by atoms with van der Waals surface area (Å²) in [7, 11) is 2.11. The Bertz CT molecular complexity index is 1500. The van der Waals surface area contributed by atoms with Crippen LogP contribution >= 0.6 is 0 Å². The molecule has 1 aromatic heterocycles. The number of benzene rings is 1. The summed E-state index contributed by atoms with van der Waals surface area (Å²) in [6.07, 6.45) is 6.29. The predicted molar refractivity (Wildman–Crippen MR) is 151 cm³/mol. The monoisotopic (exact) mass is 562 g/mol. The van der Waals surface area contributed by atoms with E-state index in [1.54, 1.807) is 18.7 Å². The van der Waals surface area contributed by atoms with E-state index in [-0.39, 0.29) is 23.8 Å². The van der Waals surface area contributed by atoms with Crippen LogP contribution in [0.5, 0.6) is 0 Å². The molecule has 1 aromatic carbocycles. The van der Waals surface area contributed by atoms with Crippen molar-refractivity contribution >= 4 is 34.2 Å². The van der Waals surface area contributed by atoms with Crippen molar-refractivity contribution in [1.29, 1.82) is 0 Å². The molecule has 7 rings (SSSR count). The second-order valence-electron chi connectivity index (χ2n) is 13.3. The lowest BCUT2D eigenvalue weighted by Gasteiger charge is -2.49. The first kappa shape index (κ1) is 26.7. The van der Waals surface area contributed by atoms with E-state index in [4.69, 9.17) is 4.74 Å². The number of aliphatic hydroxyl groups is 1. The smallest absolute Gasteiger partial charge is 0.281 e. The van der Waals surface area contributed by atoms with Gasteiger partial charge >= 0.3 is 0 Å². The molecule has 5 heterocycles. The number of hydrogen-bond acceptors (Lipinski definition) is 5. The van der Waals surface area contributed by atoms with Gasteiger partial charge in [0.25, 0.3) is 11.8 Å².